The summed E-state index contributed by atoms with van der Waals surface area (Å²) >= 11 is 0. The number of methoxy groups -OCH3 is 1. The molecule has 1 aliphatic heterocycles. The molecule has 4 nitrogen and oxygen atoms in total. The second-order valence-electron chi connectivity index (χ2n) is 3.33. The van der Waals surface area contributed by atoms with Gasteiger partial charge in [-0.05, 0) is 18.2 Å². The van der Waals surface area contributed by atoms with Crippen LogP contribution in [-0.4, -0.2) is 13.3 Å². The maximum absolute atomic E-state index is 12.7. The van der Waals surface area contributed by atoms with Gasteiger partial charge < -0.3 is 10.5 Å². The highest BCUT2D eigenvalue weighted by Gasteiger charge is 2.66. The van der Waals surface area contributed by atoms with Crippen LogP contribution in [0.5, 0.6) is 5.75 Å². The molecule has 0 unspecified atom stereocenters. The molecule has 0 radical (unpaired) electrons. The Morgan fingerprint density at radius 2 is 1.94 bits per heavy atom. The number of rotatable bonds is 2. The molecule has 0 amide bonds. The van der Waals surface area contributed by atoms with Gasteiger partial charge in [0.25, 0.3) is 0 Å². The zero-order valence-electron chi connectivity index (χ0n) is 8.25. The van der Waals surface area contributed by atoms with Crippen LogP contribution in [0.3, 0.4) is 0 Å². The second-order valence-corrected chi connectivity index (χ2v) is 3.33. The van der Waals surface area contributed by atoms with E-state index in [1.54, 1.807) is 0 Å². The van der Waals surface area contributed by atoms with Crippen molar-refractivity contribution in [2.45, 2.75) is 11.8 Å². The predicted molar refractivity (Wildman–Crippen MR) is 50.0 cm³/mol. The van der Waals surface area contributed by atoms with Crippen LogP contribution >= 0.6 is 0 Å². The fraction of sp³-hybridized carbons (Fsp3) is 0.333. The first-order valence-electron chi connectivity index (χ1n) is 4.35. The molecular weight excluding hydrogens is 223 g/mol. The van der Waals surface area contributed by atoms with Gasteiger partial charge >= 0.3 is 11.8 Å². The molecule has 1 heterocycles. The van der Waals surface area contributed by atoms with Gasteiger partial charge in [-0.2, -0.15) is 13.2 Å². The number of benzene rings is 1. The topological polar surface area (TPSA) is 60.0 Å². The fourth-order valence-electron chi connectivity index (χ4n) is 1.42. The van der Waals surface area contributed by atoms with E-state index in [2.05, 4.69) is 10.2 Å². The molecule has 16 heavy (non-hydrogen) atoms. The molecule has 86 valence electrons. The van der Waals surface area contributed by atoms with Crippen molar-refractivity contribution >= 4 is 5.69 Å². The van der Waals surface area contributed by atoms with Crippen LogP contribution in [0.2, 0.25) is 0 Å². The summed E-state index contributed by atoms with van der Waals surface area (Å²) in [7, 11) is 1.28. The van der Waals surface area contributed by atoms with Crippen molar-refractivity contribution in [3.05, 3.63) is 23.8 Å². The molecule has 0 atom stereocenters. The molecule has 0 saturated heterocycles. The highest BCUT2D eigenvalue weighted by Crippen LogP contribution is 2.55. The van der Waals surface area contributed by atoms with Crippen molar-refractivity contribution in [1.82, 2.24) is 0 Å². The van der Waals surface area contributed by atoms with Gasteiger partial charge in [-0.3, -0.25) is 0 Å². The number of anilines is 1. The summed E-state index contributed by atoms with van der Waals surface area (Å²) in [5.74, 6) is 0.0662. The lowest BCUT2D eigenvalue weighted by atomic mass is 10.0. The molecule has 1 aromatic rings. The Morgan fingerprint density at radius 3 is 2.38 bits per heavy atom. The molecule has 1 aliphatic rings. The van der Waals surface area contributed by atoms with Gasteiger partial charge in [-0.1, -0.05) is 0 Å². The van der Waals surface area contributed by atoms with Crippen molar-refractivity contribution in [2.24, 2.45) is 10.2 Å². The van der Waals surface area contributed by atoms with E-state index in [-0.39, 0.29) is 17.0 Å². The van der Waals surface area contributed by atoms with E-state index < -0.39 is 11.8 Å². The average Bonchev–Trinajstić information content (AvgIpc) is 2.97. The number of nitrogens with zero attached hydrogens (tertiary/aromatic N) is 2. The Balaban J connectivity index is 2.52. The molecule has 0 spiro atoms. The number of alkyl halides is 3. The minimum atomic E-state index is -4.58. The van der Waals surface area contributed by atoms with Gasteiger partial charge in [0.05, 0.1) is 12.7 Å². The van der Waals surface area contributed by atoms with E-state index in [4.69, 9.17) is 10.5 Å². The van der Waals surface area contributed by atoms with E-state index in [0.717, 1.165) is 0 Å². The van der Waals surface area contributed by atoms with E-state index in [9.17, 15) is 13.2 Å². The van der Waals surface area contributed by atoms with Gasteiger partial charge in [0.1, 0.15) is 5.75 Å². The predicted octanol–water partition coefficient (Wildman–Crippen LogP) is 2.46. The first kappa shape index (κ1) is 10.7. The third kappa shape index (κ3) is 1.39. The molecule has 2 N–H and O–H groups in total. The average molecular weight is 231 g/mol. The number of halogens is 3. The van der Waals surface area contributed by atoms with Crippen LogP contribution in [0.1, 0.15) is 5.56 Å². The maximum Gasteiger partial charge on any atom is 0.442 e. The van der Waals surface area contributed by atoms with E-state index in [1.165, 1.54) is 25.3 Å². The minimum absolute atomic E-state index is 0.0662. The molecule has 0 aromatic heterocycles. The van der Waals surface area contributed by atoms with E-state index in [0.29, 0.717) is 0 Å². The third-order valence-electron chi connectivity index (χ3n) is 2.29. The smallest absolute Gasteiger partial charge is 0.442 e. The monoisotopic (exact) mass is 231 g/mol. The van der Waals surface area contributed by atoms with Gasteiger partial charge in [0, 0.05) is 5.69 Å². The van der Waals surface area contributed by atoms with E-state index in [1.807, 2.05) is 0 Å². The first-order valence-corrected chi connectivity index (χ1v) is 4.35. The Morgan fingerprint density at radius 1 is 1.31 bits per heavy atom. The number of nitrogens with two attached hydrogens (primary N) is 1. The standard InChI is InChI=1S/C9H8F3N3O/c1-16-7-3-2-5(13)4-6(7)8(14-15-8)9(10,11)12/h2-4H,13H2,1H3. The van der Waals surface area contributed by atoms with Crippen LogP contribution < -0.4 is 10.5 Å². The highest BCUT2D eigenvalue weighted by atomic mass is 19.4. The summed E-state index contributed by atoms with van der Waals surface area (Å²) in [5.41, 5.74) is 2.98. The molecule has 2 rings (SSSR count). The van der Waals surface area contributed by atoms with Gasteiger partial charge in [0.15, 0.2) is 0 Å². The molecule has 7 heteroatoms. The van der Waals surface area contributed by atoms with Crippen LogP contribution in [-0.2, 0) is 5.66 Å². The summed E-state index contributed by atoms with van der Waals surface area (Å²) in [6, 6.07) is 3.99. The SMILES string of the molecule is COc1ccc(N)cc1C1(C(F)(F)F)N=N1. The van der Waals surface area contributed by atoms with Crippen LogP contribution in [0.15, 0.2) is 28.4 Å². The number of nitrogen functional groups attached to an aromatic ring is 1. The van der Waals surface area contributed by atoms with Crippen molar-refractivity contribution in [2.75, 3.05) is 12.8 Å². The Kier molecular flexibility index (Phi) is 2.08. The van der Waals surface area contributed by atoms with Crippen molar-refractivity contribution in [3.8, 4) is 5.75 Å². The summed E-state index contributed by atoms with van der Waals surface area (Å²) < 4.78 is 43.1. The molecule has 0 saturated carbocycles. The number of hydrogen-bond acceptors (Lipinski definition) is 4. The molecular formula is C9H8F3N3O. The van der Waals surface area contributed by atoms with Gasteiger partial charge in [-0.25, -0.2) is 0 Å². The molecule has 1 aromatic carbocycles. The lowest BCUT2D eigenvalue weighted by Crippen LogP contribution is -2.30. The Labute approximate surface area is 88.9 Å². The lowest BCUT2D eigenvalue weighted by Gasteiger charge is -2.17. The van der Waals surface area contributed by atoms with Crippen LogP contribution in [0.25, 0.3) is 0 Å². The van der Waals surface area contributed by atoms with Crippen LogP contribution in [0.4, 0.5) is 18.9 Å². The third-order valence-corrected chi connectivity index (χ3v) is 2.29. The van der Waals surface area contributed by atoms with Crippen molar-refractivity contribution < 1.29 is 17.9 Å². The maximum atomic E-state index is 12.7. The summed E-state index contributed by atoms with van der Waals surface area (Å²) in [6.45, 7) is 0. The Bertz CT molecular complexity index is 450. The highest BCUT2D eigenvalue weighted by molar-refractivity contribution is 5.52. The van der Waals surface area contributed by atoms with Gasteiger partial charge in [0.2, 0.25) is 0 Å². The second kappa shape index (κ2) is 3.10. The minimum Gasteiger partial charge on any atom is -0.496 e. The largest absolute Gasteiger partial charge is 0.496 e. The van der Waals surface area contributed by atoms with Crippen molar-refractivity contribution in [3.63, 3.8) is 0 Å². The first-order chi connectivity index (χ1) is 7.40. The zero-order valence-corrected chi connectivity index (χ0v) is 8.25. The quantitative estimate of drug-likeness (QED) is 0.794. The molecule has 0 bridgehead atoms. The lowest BCUT2D eigenvalue weighted by molar-refractivity contribution is -0.166. The zero-order chi connectivity index (χ0) is 12.0. The van der Waals surface area contributed by atoms with Crippen LogP contribution in [0, 0.1) is 0 Å². The Hall–Kier alpha value is -1.79. The van der Waals surface area contributed by atoms with E-state index >= 15 is 0 Å². The summed E-state index contributed by atoms with van der Waals surface area (Å²) in [6.07, 6.45) is -4.58. The molecule has 0 fully saturated rings. The number of ether oxygens (including phenoxy) is 1. The molecule has 0 aliphatic carbocycles. The van der Waals surface area contributed by atoms with Gasteiger partial charge in [-0.15, -0.1) is 10.2 Å². The fourth-order valence-corrected chi connectivity index (χ4v) is 1.42. The summed E-state index contributed by atoms with van der Waals surface area (Å²) in [5, 5.41) is 6.18. The number of hydrogen-bond donors (Lipinski definition) is 1. The normalized spacial score (nSPS) is 17.2. The van der Waals surface area contributed by atoms with Crippen molar-refractivity contribution in [1.29, 1.82) is 0 Å². The summed E-state index contributed by atoms with van der Waals surface area (Å²) in [4.78, 5) is 0.